The Hall–Kier alpha value is -2.46. The minimum absolute atomic E-state index is 0.300. The molecule has 0 aliphatic rings. The molecular weight excluding hydrogens is 352 g/mol. The number of thioether (sulfide) groups is 1. The number of hydrogen-bond acceptors (Lipinski definition) is 4. The molecule has 27 heavy (non-hydrogen) atoms. The second-order valence-electron chi connectivity index (χ2n) is 6.28. The van der Waals surface area contributed by atoms with Crippen molar-refractivity contribution in [2.24, 2.45) is 0 Å². The lowest BCUT2D eigenvalue weighted by atomic mass is 10.2. The second-order valence-corrected chi connectivity index (χ2v) is 7.36. The largest absolute Gasteiger partial charge is 0.508 e. The zero-order valence-corrected chi connectivity index (χ0v) is 17.3. The summed E-state index contributed by atoms with van der Waals surface area (Å²) in [5, 5.41) is 13.0. The van der Waals surface area contributed by atoms with Crippen LogP contribution in [0.4, 0.5) is 5.82 Å². The van der Waals surface area contributed by atoms with Crippen molar-refractivity contribution in [3.05, 3.63) is 76.4 Å². The highest BCUT2D eigenvalue weighted by Gasteiger charge is 2.05. The quantitative estimate of drug-likeness (QED) is 0.401. The maximum atomic E-state index is 9.77. The molecule has 1 aromatic carbocycles. The standard InChI is InChI=1S/C23H28N2OS/c1-5-17(3)21(27-22-15-20(26)13-11-18(22)4)10-8-7-9-19-12-14-23(24-6-2)25-16-19/h7-16,26H,5-6H2,1-4H3,(H,24,25)/b9-7+,10-8+,21-17?. The highest BCUT2D eigenvalue weighted by Crippen LogP contribution is 2.35. The highest BCUT2D eigenvalue weighted by molar-refractivity contribution is 8.03. The Bertz CT molecular complexity index is 836. The Labute approximate surface area is 166 Å². The molecule has 2 aromatic rings. The third kappa shape index (κ3) is 6.65. The SMILES string of the molecule is CCNc1ccc(/C=C/C=C/C(Sc2cc(O)ccc2C)=C(C)CC)cn1. The van der Waals surface area contributed by atoms with Gasteiger partial charge in [-0.15, -0.1) is 0 Å². The first-order chi connectivity index (χ1) is 13.0. The fourth-order valence-electron chi connectivity index (χ4n) is 2.35. The summed E-state index contributed by atoms with van der Waals surface area (Å²) in [4.78, 5) is 6.66. The first-order valence-corrected chi connectivity index (χ1v) is 10.1. The summed E-state index contributed by atoms with van der Waals surface area (Å²) in [6.45, 7) is 9.30. The van der Waals surface area contributed by atoms with Crippen LogP contribution >= 0.6 is 11.8 Å². The number of aryl methyl sites for hydroxylation is 1. The number of hydrogen-bond donors (Lipinski definition) is 2. The number of nitrogens with zero attached hydrogens (tertiary/aromatic N) is 1. The van der Waals surface area contributed by atoms with Gasteiger partial charge in [-0.05, 0) is 68.7 Å². The van der Waals surface area contributed by atoms with Crippen LogP contribution < -0.4 is 5.32 Å². The van der Waals surface area contributed by atoms with Crippen molar-refractivity contribution in [2.75, 3.05) is 11.9 Å². The number of phenolic OH excluding ortho intramolecular Hbond substituents is 1. The van der Waals surface area contributed by atoms with Crippen molar-refractivity contribution in [2.45, 2.75) is 39.0 Å². The molecule has 0 amide bonds. The maximum Gasteiger partial charge on any atom is 0.125 e. The summed E-state index contributed by atoms with van der Waals surface area (Å²) < 4.78 is 0. The van der Waals surface area contributed by atoms with E-state index < -0.39 is 0 Å². The molecule has 0 aliphatic heterocycles. The van der Waals surface area contributed by atoms with Crippen LogP contribution in [0.25, 0.3) is 6.08 Å². The van der Waals surface area contributed by atoms with E-state index in [2.05, 4.69) is 50.1 Å². The Morgan fingerprint density at radius 3 is 2.67 bits per heavy atom. The van der Waals surface area contributed by atoms with E-state index in [1.54, 1.807) is 17.8 Å². The molecule has 0 fully saturated rings. The van der Waals surface area contributed by atoms with Crippen LogP contribution in [0.1, 0.15) is 38.3 Å². The normalized spacial score (nSPS) is 12.6. The molecule has 0 bridgehead atoms. The van der Waals surface area contributed by atoms with Crippen LogP contribution in [0.2, 0.25) is 0 Å². The third-order valence-electron chi connectivity index (χ3n) is 4.13. The fourth-order valence-corrected chi connectivity index (χ4v) is 3.46. The molecule has 1 aromatic heterocycles. The van der Waals surface area contributed by atoms with Gasteiger partial charge in [-0.3, -0.25) is 0 Å². The molecule has 3 nitrogen and oxygen atoms in total. The van der Waals surface area contributed by atoms with E-state index in [0.717, 1.165) is 34.8 Å². The average molecular weight is 381 g/mol. The van der Waals surface area contributed by atoms with Crippen LogP contribution in [0, 0.1) is 6.92 Å². The summed E-state index contributed by atoms with van der Waals surface area (Å²) >= 11 is 1.69. The van der Waals surface area contributed by atoms with Gasteiger partial charge in [0.05, 0.1) is 0 Å². The average Bonchev–Trinajstić information content (AvgIpc) is 2.67. The number of allylic oxidation sites excluding steroid dienone is 4. The van der Waals surface area contributed by atoms with Crippen molar-refractivity contribution >= 4 is 23.7 Å². The molecule has 0 atom stereocenters. The van der Waals surface area contributed by atoms with Gasteiger partial charge in [0.25, 0.3) is 0 Å². The van der Waals surface area contributed by atoms with E-state index in [-0.39, 0.29) is 0 Å². The first-order valence-electron chi connectivity index (χ1n) is 9.25. The van der Waals surface area contributed by atoms with E-state index in [9.17, 15) is 5.11 Å². The minimum Gasteiger partial charge on any atom is -0.508 e. The number of anilines is 1. The monoisotopic (exact) mass is 380 g/mol. The van der Waals surface area contributed by atoms with Gasteiger partial charge >= 0.3 is 0 Å². The zero-order chi connectivity index (χ0) is 19.6. The molecule has 2 rings (SSSR count). The van der Waals surface area contributed by atoms with E-state index >= 15 is 0 Å². The Balaban J connectivity index is 2.10. The van der Waals surface area contributed by atoms with Gasteiger partial charge in [0, 0.05) is 22.5 Å². The molecule has 0 unspecified atom stereocenters. The van der Waals surface area contributed by atoms with Crippen molar-refractivity contribution in [3.63, 3.8) is 0 Å². The van der Waals surface area contributed by atoms with Crippen LogP contribution in [0.3, 0.4) is 0 Å². The fraction of sp³-hybridized carbons (Fsp3) is 0.261. The third-order valence-corrected chi connectivity index (χ3v) is 5.50. The lowest BCUT2D eigenvalue weighted by Gasteiger charge is -2.09. The lowest BCUT2D eigenvalue weighted by Crippen LogP contribution is -1.98. The molecule has 4 heteroatoms. The van der Waals surface area contributed by atoms with E-state index in [1.165, 1.54) is 10.5 Å². The molecule has 0 saturated carbocycles. The van der Waals surface area contributed by atoms with Crippen LogP contribution in [-0.2, 0) is 0 Å². The van der Waals surface area contributed by atoms with E-state index in [1.807, 2.05) is 42.6 Å². The van der Waals surface area contributed by atoms with Crippen LogP contribution in [0.15, 0.2) is 70.1 Å². The number of pyridine rings is 1. The van der Waals surface area contributed by atoms with Gasteiger partial charge in [0.2, 0.25) is 0 Å². The smallest absolute Gasteiger partial charge is 0.125 e. The molecular formula is C23H28N2OS. The summed E-state index contributed by atoms with van der Waals surface area (Å²) in [7, 11) is 0. The van der Waals surface area contributed by atoms with Gasteiger partial charge in [-0.25, -0.2) is 4.98 Å². The first kappa shape index (κ1) is 20.8. The number of phenols is 1. The lowest BCUT2D eigenvalue weighted by molar-refractivity contribution is 0.473. The minimum atomic E-state index is 0.300. The summed E-state index contributed by atoms with van der Waals surface area (Å²) in [5.41, 5.74) is 3.55. The predicted octanol–water partition coefficient (Wildman–Crippen LogP) is 6.57. The Kier molecular flexibility index (Phi) is 8.21. The molecule has 0 aliphatic carbocycles. The number of aromatic hydroxyl groups is 1. The van der Waals surface area contributed by atoms with E-state index in [4.69, 9.17) is 0 Å². The molecule has 0 radical (unpaired) electrons. The number of aromatic nitrogens is 1. The molecule has 142 valence electrons. The van der Waals surface area contributed by atoms with Crippen molar-refractivity contribution in [1.29, 1.82) is 0 Å². The van der Waals surface area contributed by atoms with Crippen molar-refractivity contribution in [1.82, 2.24) is 4.98 Å². The summed E-state index contributed by atoms with van der Waals surface area (Å²) in [6.07, 6.45) is 11.1. The maximum absolute atomic E-state index is 9.77. The van der Waals surface area contributed by atoms with Gasteiger partial charge in [-0.1, -0.05) is 48.6 Å². The topological polar surface area (TPSA) is 45.1 Å². The molecule has 2 N–H and O–H groups in total. The van der Waals surface area contributed by atoms with Crippen molar-refractivity contribution in [3.8, 4) is 5.75 Å². The Morgan fingerprint density at radius 1 is 1.19 bits per heavy atom. The number of rotatable bonds is 8. The van der Waals surface area contributed by atoms with Gasteiger partial charge in [-0.2, -0.15) is 0 Å². The summed E-state index contributed by atoms with van der Waals surface area (Å²) in [6, 6.07) is 9.53. The van der Waals surface area contributed by atoms with Crippen LogP contribution in [-0.4, -0.2) is 16.6 Å². The Morgan fingerprint density at radius 2 is 2.00 bits per heavy atom. The predicted molar refractivity (Wildman–Crippen MR) is 118 cm³/mol. The zero-order valence-electron chi connectivity index (χ0n) is 16.5. The van der Waals surface area contributed by atoms with Gasteiger partial charge in [0.1, 0.15) is 11.6 Å². The van der Waals surface area contributed by atoms with Gasteiger partial charge < -0.3 is 10.4 Å². The summed E-state index contributed by atoms with van der Waals surface area (Å²) in [5.74, 6) is 1.20. The van der Waals surface area contributed by atoms with E-state index in [0.29, 0.717) is 5.75 Å². The number of benzene rings is 1. The van der Waals surface area contributed by atoms with Crippen molar-refractivity contribution < 1.29 is 5.11 Å². The highest BCUT2D eigenvalue weighted by atomic mass is 32.2. The van der Waals surface area contributed by atoms with Crippen LogP contribution in [0.5, 0.6) is 5.75 Å². The number of nitrogens with one attached hydrogen (secondary N) is 1. The molecule has 0 spiro atoms. The molecule has 1 heterocycles. The molecule has 0 saturated heterocycles. The van der Waals surface area contributed by atoms with Gasteiger partial charge in [0.15, 0.2) is 0 Å². The second kappa shape index (κ2) is 10.6.